The number of hydrogen-bond donors (Lipinski definition) is 0. The highest BCUT2D eigenvalue weighted by atomic mass is 14.9. The topological polar surface area (TPSA) is 14.1 Å². The van der Waals surface area contributed by atoms with Crippen molar-refractivity contribution in [2.24, 2.45) is 0 Å². The monoisotopic (exact) mass is 246 g/mol. The van der Waals surface area contributed by atoms with E-state index in [0.29, 0.717) is 6.04 Å². The Balaban J connectivity index is 2.00. The van der Waals surface area contributed by atoms with Crippen LogP contribution in [0.1, 0.15) is 24.4 Å². The molecule has 1 heteroatoms. The fraction of sp³-hybridized carbons (Fsp3) is 0.222. The molecule has 1 unspecified atom stereocenters. The number of nitrogens with zero attached hydrogens (tertiary/aromatic N) is 1. The minimum Gasteiger partial charge on any atom is -0.234 e. The number of rotatable bonds is 1. The summed E-state index contributed by atoms with van der Waals surface area (Å²) in [5, 5.41) is 10.1. The van der Waals surface area contributed by atoms with E-state index in [-0.39, 0.29) is 0 Å². The maximum Gasteiger partial charge on any atom is 0.0502 e. The van der Waals surface area contributed by atoms with Crippen LogP contribution < -0.4 is 5.32 Å². The van der Waals surface area contributed by atoms with Gasteiger partial charge in [-0.2, -0.15) is 0 Å². The lowest BCUT2D eigenvalue weighted by molar-refractivity contribution is 0.640. The Bertz CT molecular complexity index is 739. The van der Waals surface area contributed by atoms with Crippen LogP contribution in [0.15, 0.2) is 54.6 Å². The molecule has 1 atom stereocenters. The molecule has 1 nitrogen and oxygen atoms in total. The van der Waals surface area contributed by atoms with Crippen molar-refractivity contribution in [2.45, 2.75) is 18.9 Å². The predicted octanol–water partition coefficient (Wildman–Crippen LogP) is 4.43. The van der Waals surface area contributed by atoms with Gasteiger partial charge in [-0.05, 0) is 52.1 Å². The lowest BCUT2D eigenvalue weighted by Crippen LogP contribution is -2.05. The van der Waals surface area contributed by atoms with E-state index < -0.39 is 0 Å². The lowest BCUT2D eigenvalue weighted by atomic mass is 9.95. The van der Waals surface area contributed by atoms with E-state index in [0.717, 1.165) is 6.54 Å². The van der Waals surface area contributed by atoms with Crippen LogP contribution in [-0.4, -0.2) is 6.54 Å². The third kappa shape index (κ3) is 1.82. The van der Waals surface area contributed by atoms with E-state index in [2.05, 4.69) is 54.6 Å². The van der Waals surface area contributed by atoms with Crippen molar-refractivity contribution in [3.8, 4) is 0 Å². The third-order valence-corrected chi connectivity index (χ3v) is 4.12. The van der Waals surface area contributed by atoms with E-state index in [4.69, 9.17) is 5.32 Å². The third-order valence-electron chi connectivity index (χ3n) is 4.12. The molecule has 0 bridgehead atoms. The number of fused-ring (bicyclic) bond motifs is 2. The molecular formula is C18H16N. The van der Waals surface area contributed by atoms with E-state index in [9.17, 15) is 0 Å². The molecule has 3 aromatic rings. The maximum atomic E-state index is 4.74. The highest BCUT2D eigenvalue weighted by molar-refractivity contribution is 5.99. The summed E-state index contributed by atoms with van der Waals surface area (Å²) in [4.78, 5) is 0. The van der Waals surface area contributed by atoms with Crippen LogP contribution in [-0.2, 0) is 0 Å². The van der Waals surface area contributed by atoms with Gasteiger partial charge in [0.15, 0.2) is 0 Å². The largest absolute Gasteiger partial charge is 0.234 e. The smallest absolute Gasteiger partial charge is 0.0502 e. The summed E-state index contributed by atoms with van der Waals surface area (Å²) < 4.78 is 0. The van der Waals surface area contributed by atoms with Crippen LogP contribution in [0.4, 0.5) is 0 Å². The second-order valence-corrected chi connectivity index (χ2v) is 5.33. The molecule has 1 radical (unpaired) electrons. The van der Waals surface area contributed by atoms with E-state index in [1.165, 1.54) is 39.9 Å². The van der Waals surface area contributed by atoms with Gasteiger partial charge in [0.25, 0.3) is 0 Å². The van der Waals surface area contributed by atoms with Gasteiger partial charge in [0.1, 0.15) is 0 Å². The van der Waals surface area contributed by atoms with Crippen LogP contribution >= 0.6 is 0 Å². The molecule has 0 N–H and O–H groups in total. The summed E-state index contributed by atoms with van der Waals surface area (Å²) in [6, 6.07) is 20.2. The van der Waals surface area contributed by atoms with Crippen molar-refractivity contribution in [3.05, 3.63) is 60.2 Å². The van der Waals surface area contributed by atoms with Crippen molar-refractivity contribution >= 4 is 21.5 Å². The molecule has 4 rings (SSSR count). The Labute approximate surface area is 113 Å². The van der Waals surface area contributed by atoms with E-state index in [1.807, 2.05) is 0 Å². The zero-order valence-corrected chi connectivity index (χ0v) is 10.8. The number of benzene rings is 3. The minimum absolute atomic E-state index is 0.407. The van der Waals surface area contributed by atoms with Gasteiger partial charge >= 0.3 is 0 Å². The van der Waals surface area contributed by atoms with Crippen LogP contribution in [0.25, 0.3) is 21.5 Å². The summed E-state index contributed by atoms with van der Waals surface area (Å²) in [5.41, 5.74) is 1.40. The van der Waals surface area contributed by atoms with E-state index >= 15 is 0 Å². The molecule has 93 valence electrons. The zero-order valence-electron chi connectivity index (χ0n) is 10.8. The molecule has 0 spiro atoms. The zero-order chi connectivity index (χ0) is 12.7. The van der Waals surface area contributed by atoms with Gasteiger partial charge in [0.05, 0.1) is 6.04 Å². The van der Waals surface area contributed by atoms with Gasteiger partial charge in [-0.3, -0.25) is 0 Å². The average Bonchev–Trinajstić information content (AvgIpc) is 2.98. The van der Waals surface area contributed by atoms with Gasteiger partial charge < -0.3 is 0 Å². The molecule has 3 aromatic carbocycles. The summed E-state index contributed by atoms with van der Waals surface area (Å²) in [7, 11) is 0. The first-order chi connectivity index (χ1) is 9.42. The second-order valence-electron chi connectivity index (χ2n) is 5.33. The molecule has 1 fully saturated rings. The fourth-order valence-electron chi connectivity index (χ4n) is 3.16. The van der Waals surface area contributed by atoms with Crippen molar-refractivity contribution < 1.29 is 0 Å². The van der Waals surface area contributed by atoms with Gasteiger partial charge in [-0.1, -0.05) is 42.5 Å². The van der Waals surface area contributed by atoms with Crippen molar-refractivity contribution in [1.29, 1.82) is 0 Å². The summed E-state index contributed by atoms with van der Waals surface area (Å²) in [6.07, 6.45) is 2.43. The first-order valence-corrected chi connectivity index (χ1v) is 7.00. The van der Waals surface area contributed by atoms with Gasteiger partial charge in [0.2, 0.25) is 0 Å². The van der Waals surface area contributed by atoms with E-state index in [1.54, 1.807) is 0 Å². The molecule has 0 amide bonds. The molecule has 19 heavy (non-hydrogen) atoms. The molecule has 1 saturated heterocycles. The SMILES string of the molecule is c1ccc2cc3c(C4CCC[N]4)cccc3cc2c1. The summed E-state index contributed by atoms with van der Waals surface area (Å²) in [6.45, 7) is 1.02. The minimum atomic E-state index is 0.407. The Kier molecular flexibility index (Phi) is 2.52. The standard InChI is InChI=1S/C18H16N/c1-2-6-14-12-17-15(11-13(14)5-1)7-3-8-16(17)18-9-4-10-19-18/h1-3,5-8,11-12,18H,4,9-10H2. The summed E-state index contributed by atoms with van der Waals surface area (Å²) in [5.74, 6) is 0. The van der Waals surface area contributed by atoms with Crippen molar-refractivity contribution in [3.63, 3.8) is 0 Å². The maximum absolute atomic E-state index is 4.74. The fourth-order valence-corrected chi connectivity index (χ4v) is 3.16. The van der Waals surface area contributed by atoms with Gasteiger partial charge in [-0.25, -0.2) is 5.32 Å². The Morgan fingerprint density at radius 2 is 1.63 bits per heavy atom. The Morgan fingerprint density at radius 3 is 2.42 bits per heavy atom. The molecule has 0 aliphatic carbocycles. The van der Waals surface area contributed by atoms with Crippen LogP contribution in [0.5, 0.6) is 0 Å². The average molecular weight is 246 g/mol. The van der Waals surface area contributed by atoms with Gasteiger partial charge in [-0.15, -0.1) is 0 Å². The van der Waals surface area contributed by atoms with Crippen molar-refractivity contribution in [1.82, 2.24) is 5.32 Å². The van der Waals surface area contributed by atoms with Crippen LogP contribution in [0.2, 0.25) is 0 Å². The molecule has 1 heterocycles. The highest BCUT2D eigenvalue weighted by Gasteiger charge is 2.19. The van der Waals surface area contributed by atoms with Gasteiger partial charge in [0, 0.05) is 6.54 Å². The Hall–Kier alpha value is -1.86. The summed E-state index contributed by atoms with van der Waals surface area (Å²) >= 11 is 0. The lowest BCUT2D eigenvalue weighted by Gasteiger charge is -2.13. The van der Waals surface area contributed by atoms with Crippen LogP contribution in [0, 0.1) is 0 Å². The normalized spacial score (nSPS) is 19.3. The Morgan fingerprint density at radius 1 is 0.842 bits per heavy atom. The first-order valence-electron chi connectivity index (χ1n) is 7.00. The molecule has 1 aliphatic rings. The molecule has 0 saturated carbocycles. The quantitative estimate of drug-likeness (QED) is 0.564. The predicted molar refractivity (Wildman–Crippen MR) is 80.4 cm³/mol. The van der Waals surface area contributed by atoms with Crippen LogP contribution in [0.3, 0.4) is 0 Å². The molecule has 1 aliphatic heterocycles. The second kappa shape index (κ2) is 4.36. The van der Waals surface area contributed by atoms with Crippen molar-refractivity contribution in [2.75, 3.05) is 6.54 Å². The first kappa shape index (κ1) is 11.0. The number of hydrogen-bond acceptors (Lipinski definition) is 0. The highest BCUT2D eigenvalue weighted by Crippen LogP contribution is 2.32. The molecular weight excluding hydrogens is 230 g/mol. The molecule has 0 aromatic heterocycles.